The lowest BCUT2D eigenvalue weighted by molar-refractivity contribution is -0.136. The molecule has 90 valence electrons. The first-order chi connectivity index (χ1) is 7.01. The van der Waals surface area contributed by atoms with Gasteiger partial charge in [-0.3, -0.25) is 4.90 Å². The lowest BCUT2D eigenvalue weighted by atomic mass is 10.4. The molecule has 0 saturated heterocycles. The fourth-order valence-electron chi connectivity index (χ4n) is 0.886. The van der Waals surface area contributed by atoms with Gasteiger partial charge in [0.2, 0.25) is 0 Å². The van der Waals surface area contributed by atoms with E-state index in [1.54, 1.807) is 7.05 Å². The second kappa shape index (κ2) is 7.41. The Kier molecular flexibility index (Phi) is 6.97. The highest BCUT2D eigenvalue weighted by atomic mass is 16.7. The molecule has 0 aliphatic rings. The van der Waals surface area contributed by atoms with Crippen molar-refractivity contribution in [3.63, 3.8) is 0 Å². The molecule has 1 unspecified atom stereocenters. The number of amides is 1. The van der Waals surface area contributed by atoms with E-state index in [2.05, 4.69) is 4.74 Å². The van der Waals surface area contributed by atoms with Crippen molar-refractivity contribution in [1.82, 2.24) is 4.90 Å². The van der Waals surface area contributed by atoms with Gasteiger partial charge in [0.25, 0.3) is 0 Å². The third-order valence-electron chi connectivity index (χ3n) is 1.85. The first-order valence-corrected chi connectivity index (χ1v) is 4.37. The number of methoxy groups -OCH3 is 2. The van der Waals surface area contributed by atoms with E-state index in [0.717, 1.165) is 0 Å². The molecule has 7 heteroatoms. The van der Waals surface area contributed by atoms with Crippen LogP contribution in [0.25, 0.3) is 0 Å². The molecular weight excluding hydrogens is 204 g/mol. The second-order valence-electron chi connectivity index (χ2n) is 2.95. The van der Waals surface area contributed by atoms with Gasteiger partial charge in [-0.15, -0.1) is 0 Å². The predicted molar refractivity (Wildman–Crippen MR) is 52.0 cm³/mol. The van der Waals surface area contributed by atoms with Crippen LogP contribution >= 0.6 is 0 Å². The van der Waals surface area contributed by atoms with Crippen molar-refractivity contribution in [3.8, 4) is 0 Å². The van der Waals surface area contributed by atoms with Crippen LogP contribution in [0.15, 0.2) is 0 Å². The summed E-state index contributed by atoms with van der Waals surface area (Å²) >= 11 is 0. The number of primary amides is 1. The number of aliphatic hydroxyl groups is 1. The van der Waals surface area contributed by atoms with E-state index in [4.69, 9.17) is 15.2 Å². The standard InChI is InChI=1S/C8H18N2O5/c1-10(4-7(13-2)14-3)6(11)5-15-8(9)12/h6-7,11H,4-5H2,1-3H3,(H2,9,12). The van der Waals surface area contributed by atoms with Crippen LogP contribution in [-0.2, 0) is 14.2 Å². The van der Waals surface area contributed by atoms with E-state index >= 15 is 0 Å². The molecule has 0 radical (unpaired) electrons. The summed E-state index contributed by atoms with van der Waals surface area (Å²) in [5, 5.41) is 9.49. The zero-order chi connectivity index (χ0) is 11.8. The molecule has 0 aliphatic heterocycles. The summed E-state index contributed by atoms with van der Waals surface area (Å²) in [6, 6.07) is 0. The molecule has 1 atom stereocenters. The fraction of sp³-hybridized carbons (Fsp3) is 0.875. The molecular formula is C8H18N2O5. The zero-order valence-electron chi connectivity index (χ0n) is 9.17. The smallest absolute Gasteiger partial charge is 0.404 e. The van der Waals surface area contributed by atoms with Crippen LogP contribution in [0.1, 0.15) is 0 Å². The largest absolute Gasteiger partial charge is 0.445 e. The van der Waals surface area contributed by atoms with E-state index in [0.29, 0.717) is 6.54 Å². The van der Waals surface area contributed by atoms with Crippen molar-refractivity contribution < 1.29 is 24.1 Å². The van der Waals surface area contributed by atoms with Gasteiger partial charge >= 0.3 is 6.09 Å². The van der Waals surface area contributed by atoms with Gasteiger partial charge in [-0.2, -0.15) is 0 Å². The summed E-state index contributed by atoms with van der Waals surface area (Å²) in [5.41, 5.74) is 4.75. The van der Waals surface area contributed by atoms with E-state index < -0.39 is 18.6 Å². The molecule has 7 nitrogen and oxygen atoms in total. The minimum absolute atomic E-state index is 0.189. The molecule has 0 aromatic rings. The Balaban J connectivity index is 3.86. The molecule has 0 aromatic carbocycles. The van der Waals surface area contributed by atoms with Crippen LogP contribution in [0, 0.1) is 0 Å². The minimum atomic E-state index is -0.940. The fourth-order valence-corrected chi connectivity index (χ4v) is 0.886. The number of hydrogen-bond acceptors (Lipinski definition) is 6. The average molecular weight is 222 g/mol. The number of likely N-dealkylation sites (N-methyl/N-ethyl adjacent to an activating group) is 1. The van der Waals surface area contributed by atoms with Gasteiger partial charge in [0, 0.05) is 14.2 Å². The van der Waals surface area contributed by atoms with Crippen LogP contribution in [0.2, 0.25) is 0 Å². The maximum absolute atomic E-state index is 10.3. The first kappa shape index (κ1) is 14.1. The van der Waals surface area contributed by atoms with E-state index in [1.807, 2.05) is 0 Å². The molecule has 0 saturated carbocycles. The van der Waals surface area contributed by atoms with Crippen molar-refractivity contribution in [3.05, 3.63) is 0 Å². The molecule has 0 aliphatic carbocycles. The van der Waals surface area contributed by atoms with Crippen LogP contribution in [0.3, 0.4) is 0 Å². The Morgan fingerprint density at radius 1 is 1.47 bits per heavy atom. The molecule has 0 fully saturated rings. The summed E-state index contributed by atoms with van der Waals surface area (Å²) in [4.78, 5) is 11.8. The van der Waals surface area contributed by atoms with E-state index in [1.165, 1.54) is 19.1 Å². The molecule has 3 N–H and O–H groups in total. The molecule has 0 aromatic heterocycles. The van der Waals surface area contributed by atoms with Crippen molar-refractivity contribution in [2.24, 2.45) is 5.73 Å². The lowest BCUT2D eigenvalue weighted by Gasteiger charge is -2.25. The van der Waals surface area contributed by atoms with Crippen molar-refractivity contribution >= 4 is 6.09 Å². The van der Waals surface area contributed by atoms with E-state index in [9.17, 15) is 9.90 Å². The highest BCUT2D eigenvalue weighted by Crippen LogP contribution is 1.99. The number of ether oxygens (including phenoxy) is 3. The molecule has 1 amide bonds. The highest BCUT2D eigenvalue weighted by Gasteiger charge is 2.17. The Morgan fingerprint density at radius 3 is 2.40 bits per heavy atom. The van der Waals surface area contributed by atoms with Gasteiger partial charge in [-0.05, 0) is 7.05 Å². The van der Waals surface area contributed by atoms with Crippen molar-refractivity contribution in [1.29, 1.82) is 0 Å². The van der Waals surface area contributed by atoms with Gasteiger partial charge in [0.1, 0.15) is 12.8 Å². The molecule has 15 heavy (non-hydrogen) atoms. The summed E-state index contributed by atoms with van der Waals surface area (Å²) in [6.45, 7) is 0.155. The highest BCUT2D eigenvalue weighted by molar-refractivity contribution is 5.64. The topological polar surface area (TPSA) is 94.3 Å². The Bertz CT molecular complexity index is 186. The predicted octanol–water partition coefficient (Wildman–Crippen LogP) is -1.05. The summed E-state index contributed by atoms with van der Waals surface area (Å²) in [5.74, 6) is 0. The molecule has 0 bridgehead atoms. The molecule has 0 rings (SSSR count). The Morgan fingerprint density at radius 2 is 2.00 bits per heavy atom. The minimum Gasteiger partial charge on any atom is -0.445 e. The number of carbonyl (C=O) groups is 1. The van der Waals surface area contributed by atoms with Gasteiger partial charge in [0.15, 0.2) is 6.29 Å². The Labute approximate surface area is 88.7 Å². The lowest BCUT2D eigenvalue weighted by Crippen LogP contribution is -2.42. The van der Waals surface area contributed by atoms with Gasteiger partial charge in [-0.25, -0.2) is 4.79 Å². The average Bonchev–Trinajstić information content (AvgIpc) is 2.21. The number of nitrogens with two attached hydrogens (primary N) is 1. The quantitative estimate of drug-likeness (QED) is 0.534. The van der Waals surface area contributed by atoms with Gasteiger partial charge in [-0.1, -0.05) is 0 Å². The third-order valence-corrected chi connectivity index (χ3v) is 1.85. The number of hydrogen-bond donors (Lipinski definition) is 2. The number of nitrogens with zero attached hydrogens (tertiary/aromatic N) is 1. The SMILES string of the molecule is COC(CN(C)C(O)COC(N)=O)OC. The van der Waals surface area contributed by atoms with Gasteiger partial charge < -0.3 is 25.1 Å². The number of aliphatic hydroxyl groups excluding tert-OH is 1. The van der Waals surface area contributed by atoms with Crippen molar-refractivity contribution in [2.75, 3.05) is 34.4 Å². The third kappa shape index (κ3) is 6.24. The normalized spacial score (nSPS) is 13.2. The number of rotatable bonds is 7. The summed E-state index contributed by atoms with van der Waals surface area (Å²) in [6.07, 6.45) is -2.30. The van der Waals surface area contributed by atoms with Crippen LogP contribution in [0.5, 0.6) is 0 Å². The summed E-state index contributed by atoms with van der Waals surface area (Å²) in [7, 11) is 4.63. The zero-order valence-corrected chi connectivity index (χ0v) is 9.17. The second-order valence-corrected chi connectivity index (χ2v) is 2.95. The van der Waals surface area contributed by atoms with Crippen molar-refractivity contribution in [2.45, 2.75) is 12.5 Å². The maximum atomic E-state index is 10.3. The van der Waals surface area contributed by atoms with Gasteiger partial charge in [0.05, 0.1) is 6.54 Å². The molecule has 0 spiro atoms. The van der Waals surface area contributed by atoms with E-state index in [-0.39, 0.29) is 6.61 Å². The monoisotopic (exact) mass is 222 g/mol. The number of carbonyl (C=O) groups excluding carboxylic acids is 1. The van der Waals surface area contributed by atoms with Crippen LogP contribution in [-0.4, -0.2) is 63.0 Å². The van der Waals surface area contributed by atoms with Crippen LogP contribution in [0.4, 0.5) is 4.79 Å². The summed E-state index contributed by atoms with van der Waals surface area (Å²) < 4.78 is 14.3. The van der Waals surface area contributed by atoms with Crippen LogP contribution < -0.4 is 5.73 Å². The Hall–Kier alpha value is -0.890. The first-order valence-electron chi connectivity index (χ1n) is 4.37. The maximum Gasteiger partial charge on any atom is 0.404 e. The molecule has 0 heterocycles.